The SMILES string of the molecule is CCC(CC)(CNC(=O)[C@@H]1CCO[C@H]1c1ccnn1C)OC. The molecule has 22 heavy (non-hydrogen) atoms. The molecule has 6 heteroatoms. The molecule has 0 aromatic carbocycles. The molecule has 1 fully saturated rings. The summed E-state index contributed by atoms with van der Waals surface area (Å²) in [5.74, 6) is -0.134. The minimum atomic E-state index is -0.281. The second-order valence-corrected chi connectivity index (χ2v) is 5.88. The van der Waals surface area contributed by atoms with Gasteiger partial charge in [-0.3, -0.25) is 9.48 Å². The van der Waals surface area contributed by atoms with Crippen LogP contribution in [0.5, 0.6) is 0 Å². The van der Waals surface area contributed by atoms with Crippen LogP contribution < -0.4 is 5.32 Å². The first kappa shape index (κ1) is 17.0. The highest BCUT2D eigenvalue weighted by Gasteiger charge is 2.37. The molecular weight excluding hydrogens is 282 g/mol. The van der Waals surface area contributed by atoms with E-state index >= 15 is 0 Å². The van der Waals surface area contributed by atoms with Crippen LogP contribution in [0.3, 0.4) is 0 Å². The third-order valence-corrected chi connectivity index (χ3v) is 4.89. The van der Waals surface area contributed by atoms with Crippen molar-refractivity contribution in [1.29, 1.82) is 0 Å². The van der Waals surface area contributed by atoms with E-state index in [0.29, 0.717) is 13.2 Å². The molecule has 0 unspecified atom stereocenters. The first-order valence-electron chi connectivity index (χ1n) is 7.99. The maximum absolute atomic E-state index is 12.6. The maximum atomic E-state index is 12.6. The van der Waals surface area contributed by atoms with E-state index in [1.165, 1.54) is 0 Å². The lowest BCUT2D eigenvalue weighted by Gasteiger charge is -2.31. The summed E-state index contributed by atoms with van der Waals surface area (Å²) in [6.45, 7) is 5.29. The van der Waals surface area contributed by atoms with Gasteiger partial charge in [0.25, 0.3) is 0 Å². The van der Waals surface area contributed by atoms with Crippen molar-refractivity contribution in [2.45, 2.75) is 44.8 Å². The van der Waals surface area contributed by atoms with Crippen LogP contribution in [-0.4, -0.2) is 41.6 Å². The normalized spacial score (nSPS) is 22.0. The van der Waals surface area contributed by atoms with Crippen LogP contribution in [0.2, 0.25) is 0 Å². The van der Waals surface area contributed by atoms with Crippen molar-refractivity contribution in [2.75, 3.05) is 20.3 Å². The van der Waals surface area contributed by atoms with Gasteiger partial charge in [0.2, 0.25) is 5.91 Å². The highest BCUT2D eigenvalue weighted by Crippen LogP contribution is 2.34. The summed E-state index contributed by atoms with van der Waals surface area (Å²) < 4.78 is 13.1. The van der Waals surface area contributed by atoms with E-state index in [1.54, 1.807) is 18.0 Å². The molecule has 2 atom stereocenters. The Morgan fingerprint density at radius 2 is 2.27 bits per heavy atom. The smallest absolute Gasteiger partial charge is 0.226 e. The lowest BCUT2D eigenvalue weighted by Crippen LogP contribution is -2.45. The molecule has 1 amide bonds. The molecule has 1 aromatic heterocycles. The summed E-state index contributed by atoms with van der Waals surface area (Å²) in [7, 11) is 3.58. The van der Waals surface area contributed by atoms with Gasteiger partial charge < -0.3 is 14.8 Å². The number of aromatic nitrogens is 2. The largest absolute Gasteiger partial charge is 0.376 e. The van der Waals surface area contributed by atoms with E-state index in [1.807, 2.05) is 13.1 Å². The van der Waals surface area contributed by atoms with Crippen molar-refractivity contribution >= 4 is 5.91 Å². The Kier molecular flexibility index (Phi) is 5.58. The summed E-state index contributed by atoms with van der Waals surface area (Å²) in [6, 6.07) is 1.91. The number of amides is 1. The first-order valence-corrected chi connectivity index (χ1v) is 7.99. The molecular formula is C16H27N3O3. The fourth-order valence-electron chi connectivity index (χ4n) is 3.05. The highest BCUT2D eigenvalue weighted by molar-refractivity contribution is 5.79. The van der Waals surface area contributed by atoms with Gasteiger partial charge in [0, 0.05) is 33.5 Å². The molecule has 124 valence electrons. The van der Waals surface area contributed by atoms with Crippen molar-refractivity contribution in [3.05, 3.63) is 18.0 Å². The number of rotatable bonds is 7. The number of hydrogen-bond acceptors (Lipinski definition) is 4. The van der Waals surface area contributed by atoms with Crippen molar-refractivity contribution in [3.63, 3.8) is 0 Å². The number of nitrogens with one attached hydrogen (secondary N) is 1. The Balaban J connectivity index is 2.01. The van der Waals surface area contributed by atoms with Crippen molar-refractivity contribution < 1.29 is 14.3 Å². The Bertz CT molecular complexity index is 488. The predicted molar refractivity (Wildman–Crippen MR) is 83.3 cm³/mol. The van der Waals surface area contributed by atoms with Crippen LogP contribution in [-0.2, 0) is 21.3 Å². The second-order valence-electron chi connectivity index (χ2n) is 5.88. The standard InChI is InChI=1S/C16H27N3O3/c1-5-16(6-2,21-4)11-17-15(20)12-8-10-22-14(12)13-7-9-18-19(13)3/h7,9,12,14H,5-6,8,10-11H2,1-4H3,(H,17,20)/t12-,14-/m1/s1. The topological polar surface area (TPSA) is 65.4 Å². The lowest BCUT2D eigenvalue weighted by atomic mass is 9.95. The lowest BCUT2D eigenvalue weighted by molar-refractivity contribution is -0.128. The van der Waals surface area contributed by atoms with Gasteiger partial charge in [-0.25, -0.2) is 0 Å². The van der Waals surface area contributed by atoms with E-state index < -0.39 is 0 Å². The van der Waals surface area contributed by atoms with Crippen molar-refractivity contribution in [1.82, 2.24) is 15.1 Å². The summed E-state index contributed by atoms with van der Waals surface area (Å²) in [4.78, 5) is 12.6. The van der Waals surface area contributed by atoms with Crippen LogP contribution in [0, 0.1) is 5.92 Å². The Labute approximate surface area is 132 Å². The van der Waals surface area contributed by atoms with Crippen molar-refractivity contribution in [2.24, 2.45) is 13.0 Å². The van der Waals surface area contributed by atoms with Gasteiger partial charge in [-0.05, 0) is 25.3 Å². The molecule has 2 heterocycles. The zero-order chi connectivity index (χ0) is 16.2. The molecule has 1 aromatic rings. The molecule has 0 aliphatic carbocycles. The quantitative estimate of drug-likeness (QED) is 0.834. The van der Waals surface area contributed by atoms with Gasteiger partial charge in [-0.1, -0.05) is 13.8 Å². The number of hydrogen-bond donors (Lipinski definition) is 1. The molecule has 1 N–H and O–H groups in total. The predicted octanol–water partition coefficient (Wildman–Crippen LogP) is 1.82. The van der Waals surface area contributed by atoms with Crippen LogP contribution in [0.15, 0.2) is 12.3 Å². The monoisotopic (exact) mass is 309 g/mol. The summed E-state index contributed by atoms with van der Waals surface area (Å²) in [5.41, 5.74) is 0.665. The maximum Gasteiger partial charge on any atom is 0.226 e. The van der Waals surface area contributed by atoms with E-state index in [9.17, 15) is 4.79 Å². The fraction of sp³-hybridized carbons (Fsp3) is 0.750. The molecule has 1 aliphatic heterocycles. The molecule has 6 nitrogen and oxygen atoms in total. The van der Waals surface area contributed by atoms with E-state index in [4.69, 9.17) is 9.47 Å². The number of nitrogens with zero attached hydrogens (tertiary/aromatic N) is 2. The van der Waals surface area contributed by atoms with Crippen LogP contribution in [0.1, 0.15) is 44.9 Å². The van der Waals surface area contributed by atoms with E-state index in [-0.39, 0.29) is 23.5 Å². The van der Waals surface area contributed by atoms with Crippen LogP contribution in [0.25, 0.3) is 0 Å². The number of methoxy groups -OCH3 is 1. The highest BCUT2D eigenvalue weighted by atomic mass is 16.5. The molecule has 1 saturated heterocycles. The number of carbonyl (C=O) groups is 1. The first-order chi connectivity index (χ1) is 10.6. The van der Waals surface area contributed by atoms with Crippen LogP contribution >= 0.6 is 0 Å². The summed E-state index contributed by atoms with van der Waals surface area (Å²) in [5, 5.41) is 7.22. The van der Waals surface area contributed by atoms with Gasteiger partial charge in [-0.15, -0.1) is 0 Å². The molecule has 0 bridgehead atoms. The van der Waals surface area contributed by atoms with E-state index in [2.05, 4.69) is 24.3 Å². The Morgan fingerprint density at radius 1 is 1.55 bits per heavy atom. The Morgan fingerprint density at radius 3 is 2.82 bits per heavy atom. The van der Waals surface area contributed by atoms with Gasteiger partial charge in [0.15, 0.2) is 0 Å². The minimum absolute atomic E-state index is 0.0343. The van der Waals surface area contributed by atoms with Gasteiger partial charge >= 0.3 is 0 Å². The Hall–Kier alpha value is -1.40. The molecule has 0 spiro atoms. The molecule has 1 aliphatic rings. The average Bonchev–Trinajstić information content (AvgIpc) is 3.17. The minimum Gasteiger partial charge on any atom is -0.376 e. The number of ether oxygens (including phenoxy) is 2. The molecule has 0 radical (unpaired) electrons. The van der Waals surface area contributed by atoms with Gasteiger partial charge in [0.1, 0.15) is 6.10 Å². The zero-order valence-corrected chi connectivity index (χ0v) is 14.0. The molecule has 2 rings (SSSR count). The summed E-state index contributed by atoms with van der Waals surface area (Å²) >= 11 is 0. The van der Waals surface area contributed by atoms with E-state index in [0.717, 1.165) is 25.0 Å². The zero-order valence-electron chi connectivity index (χ0n) is 14.0. The average molecular weight is 309 g/mol. The van der Waals surface area contributed by atoms with Gasteiger partial charge in [0.05, 0.1) is 17.2 Å². The number of carbonyl (C=O) groups excluding carboxylic acids is 1. The third kappa shape index (κ3) is 3.33. The van der Waals surface area contributed by atoms with Gasteiger partial charge in [-0.2, -0.15) is 5.10 Å². The van der Waals surface area contributed by atoms with Crippen LogP contribution in [0.4, 0.5) is 0 Å². The third-order valence-electron chi connectivity index (χ3n) is 4.89. The summed E-state index contributed by atoms with van der Waals surface area (Å²) in [6.07, 6.45) is 3.99. The second kappa shape index (κ2) is 7.24. The molecule has 0 saturated carbocycles. The fourth-order valence-corrected chi connectivity index (χ4v) is 3.05. The van der Waals surface area contributed by atoms with Crippen molar-refractivity contribution in [3.8, 4) is 0 Å². The number of aryl methyl sites for hydroxylation is 1.